The molecule has 0 atom stereocenters. The van der Waals surface area contributed by atoms with Crippen LogP contribution in [0.5, 0.6) is 0 Å². The van der Waals surface area contributed by atoms with Gasteiger partial charge in [-0.2, -0.15) is 11.8 Å². The van der Waals surface area contributed by atoms with Gasteiger partial charge >= 0.3 is 0 Å². The lowest BCUT2D eigenvalue weighted by Gasteiger charge is -1.85. The summed E-state index contributed by atoms with van der Waals surface area (Å²) >= 11 is 6.45. The van der Waals surface area contributed by atoms with E-state index in [1.165, 1.54) is 0 Å². The number of nitrogens with zero attached hydrogens (tertiary/aromatic N) is 1. The Bertz CT molecular complexity index is 226. The Morgan fingerprint density at radius 2 is 2.44 bits per heavy atom. The van der Waals surface area contributed by atoms with E-state index >= 15 is 0 Å². The van der Waals surface area contributed by atoms with Gasteiger partial charge in [-0.1, -0.05) is 0 Å². The summed E-state index contributed by atoms with van der Waals surface area (Å²) in [5, 5.41) is 5.56. The topological polar surface area (TPSA) is 44.5 Å². The van der Waals surface area contributed by atoms with E-state index in [2.05, 4.69) is 15.2 Å². The molecule has 3 nitrogen and oxygen atoms in total. The number of aromatic amines is 2. The lowest BCUT2D eigenvalue weighted by atomic mass is 10.7. The van der Waals surface area contributed by atoms with Crippen LogP contribution in [0.15, 0.2) is 0 Å². The van der Waals surface area contributed by atoms with Crippen molar-refractivity contribution in [2.75, 3.05) is 6.26 Å². The fraction of sp³-hybridized carbons (Fsp3) is 0.500. The normalized spacial score (nSPS) is 9.89. The van der Waals surface area contributed by atoms with Gasteiger partial charge in [-0.3, -0.25) is 10.2 Å². The summed E-state index contributed by atoms with van der Waals surface area (Å²) < 4.78 is 0.527. The van der Waals surface area contributed by atoms with Gasteiger partial charge in [-0.15, -0.1) is 0 Å². The standard InChI is InChI=1S/C4H7N3S2/c1-9-2-3-5-4(8)7-6-3/h2H2,1H3,(H2,5,6,7,8). The first-order valence-corrected chi connectivity index (χ1v) is 4.25. The monoisotopic (exact) mass is 161 g/mol. The number of rotatable bonds is 2. The third-order valence-corrected chi connectivity index (χ3v) is 1.59. The first-order valence-electron chi connectivity index (χ1n) is 2.45. The highest BCUT2D eigenvalue weighted by atomic mass is 32.2. The van der Waals surface area contributed by atoms with Crippen molar-refractivity contribution in [3.63, 3.8) is 0 Å². The molecule has 0 bridgehead atoms. The van der Waals surface area contributed by atoms with Crippen LogP contribution in [0.25, 0.3) is 0 Å². The quantitative estimate of drug-likeness (QED) is 0.643. The van der Waals surface area contributed by atoms with Crippen LogP contribution >= 0.6 is 24.0 Å². The molecule has 0 aliphatic carbocycles. The van der Waals surface area contributed by atoms with Crippen LogP contribution < -0.4 is 0 Å². The smallest absolute Gasteiger partial charge is 0.213 e. The molecule has 0 aliphatic rings. The lowest BCUT2D eigenvalue weighted by molar-refractivity contribution is 1.02. The molecule has 0 aromatic carbocycles. The molecule has 50 valence electrons. The minimum atomic E-state index is 0.527. The molecule has 5 heteroatoms. The molecule has 1 heterocycles. The Hall–Kier alpha value is -0.290. The Morgan fingerprint density at radius 3 is 2.89 bits per heavy atom. The molecule has 0 unspecified atom stereocenters. The number of hydrogen-bond acceptors (Lipinski definition) is 3. The van der Waals surface area contributed by atoms with Crippen molar-refractivity contribution >= 4 is 24.0 Å². The van der Waals surface area contributed by atoms with Crippen molar-refractivity contribution in [2.24, 2.45) is 0 Å². The molecule has 1 rings (SSSR count). The highest BCUT2D eigenvalue weighted by molar-refractivity contribution is 7.97. The van der Waals surface area contributed by atoms with Gasteiger partial charge in [0.1, 0.15) is 5.82 Å². The summed E-state index contributed by atoms with van der Waals surface area (Å²) in [4.78, 5) is 3.98. The van der Waals surface area contributed by atoms with Crippen molar-refractivity contribution in [1.82, 2.24) is 15.2 Å². The summed E-state index contributed by atoms with van der Waals surface area (Å²) in [5.41, 5.74) is 0. The fourth-order valence-electron chi connectivity index (χ4n) is 0.509. The molecule has 0 saturated heterocycles. The number of H-pyrrole nitrogens is 2. The van der Waals surface area contributed by atoms with Gasteiger partial charge in [0.25, 0.3) is 0 Å². The molecule has 0 fully saturated rings. The number of hydrogen-bond donors (Lipinski definition) is 2. The second-order valence-corrected chi connectivity index (χ2v) is 2.80. The van der Waals surface area contributed by atoms with E-state index in [4.69, 9.17) is 12.2 Å². The first-order chi connectivity index (χ1) is 4.33. The van der Waals surface area contributed by atoms with E-state index in [0.29, 0.717) is 4.77 Å². The Kier molecular flexibility index (Phi) is 2.29. The van der Waals surface area contributed by atoms with Gasteiger partial charge in [0, 0.05) is 0 Å². The van der Waals surface area contributed by atoms with Crippen LogP contribution in [0.3, 0.4) is 0 Å². The average Bonchev–Trinajstić information content (AvgIpc) is 2.17. The van der Waals surface area contributed by atoms with Crippen LogP contribution in [0.4, 0.5) is 0 Å². The minimum Gasteiger partial charge on any atom is -0.285 e. The maximum atomic E-state index is 4.74. The first kappa shape index (κ1) is 6.82. The molecule has 1 aromatic heterocycles. The highest BCUT2D eigenvalue weighted by Crippen LogP contribution is 2.00. The molecule has 1 aromatic rings. The van der Waals surface area contributed by atoms with Gasteiger partial charge in [0.2, 0.25) is 4.77 Å². The number of thioether (sulfide) groups is 1. The summed E-state index contributed by atoms with van der Waals surface area (Å²) in [6.07, 6.45) is 2.02. The summed E-state index contributed by atoms with van der Waals surface area (Å²) in [6.45, 7) is 0. The lowest BCUT2D eigenvalue weighted by Crippen LogP contribution is -1.80. The molecule has 0 aliphatic heterocycles. The number of nitrogens with one attached hydrogen (secondary N) is 2. The minimum absolute atomic E-state index is 0.527. The van der Waals surface area contributed by atoms with Crippen molar-refractivity contribution < 1.29 is 0 Å². The Balaban J connectivity index is 2.73. The summed E-state index contributed by atoms with van der Waals surface area (Å²) in [5.74, 6) is 1.79. The molecule has 0 saturated carbocycles. The van der Waals surface area contributed by atoms with Crippen molar-refractivity contribution in [3.05, 3.63) is 10.6 Å². The van der Waals surface area contributed by atoms with E-state index < -0.39 is 0 Å². The molecule has 0 radical (unpaired) electrons. The zero-order valence-electron chi connectivity index (χ0n) is 4.97. The number of aromatic nitrogens is 3. The third kappa shape index (κ3) is 1.83. The molecule has 2 N–H and O–H groups in total. The molecule has 0 amide bonds. The van der Waals surface area contributed by atoms with Crippen LogP contribution in [-0.4, -0.2) is 21.4 Å². The van der Waals surface area contributed by atoms with E-state index in [9.17, 15) is 0 Å². The zero-order valence-corrected chi connectivity index (χ0v) is 6.60. The van der Waals surface area contributed by atoms with Crippen molar-refractivity contribution in [2.45, 2.75) is 5.75 Å². The van der Waals surface area contributed by atoms with E-state index in [-0.39, 0.29) is 0 Å². The van der Waals surface area contributed by atoms with E-state index in [1.807, 2.05) is 6.26 Å². The fourth-order valence-corrected chi connectivity index (χ4v) is 1.08. The third-order valence-electron chi connectivity index (χ3n) is 0.831. The van der Waals surface area contributed by atoms with Crippen LogP contribution in [0.2, 0.25) is 0 Å². The van der Waals surface area contributed by atoms with E-state index in [1.54, 1.807) is 11.8 Å². The SMILES string of the molecule is CSCc1nc(=S)[nH][nH]1. The van der Waals surface area contributed by atoms with E-state index in [0.717, 1.165) is 11.6 Å². The largest absolute Gasteiger partial charge is 0.285 e. The predicted octanol–water partition coefficient (Wildman–Crippen LogP) is 1.33. The zero-order chi connectivity index (χ0) is 6.69. The molecular formula is C4H7N3S2. The average molecular weight is 161 g/mol. The highest BCUT2D eigenvalue weighted by Gasteiger charge is 1.91. The van der Waals surface area contributed by atoms with Crippen molar-refractivity contribution in [1.29, 1.82) is 0 Å². The van der Waals surface area contributed by atoms with Gasteiger partial charge in [-0.25, -0.2) is 4.98 Å². The second kappa shape index (κ2) is 3.03. The van der Waals surface area contributed by atoms with Gasteiger partial charge < -0.3 is 0 Å². The molecule has 0 spiro atoms. The van der Waals surface area contributed by atoms with Crippen LogP contribution in [0.1, 0.15) is 5.82 Å². The second-order valence-electron chi connectivity index (χ2n) is 1.55. The molecule has 9 heavy (non-hydrogen) atoms. The maximum absolute atomic E-state index is 4.74. The van der Waals surface area contributed by atoms with Gasteiger partial charge in [0.05, 0.1) is 5.75 Å². The maximum Gasteiger partial charge on any atom is 0.213 e. The van der Waals surface area contributed by atoms with Crippen LogP contribution in [-0.2, 0) is 5.75 Å². The van der Waals surface area contributed by atoms with Gasteiger partial charge in [-0.05, 0) is 18.5 Å². The summed E-state index contributed by atoms with van der Waals surface area (Å²) in [7, 11) is 0. The van der Waals surface area contributed by atoms with Crippen LogP contribution in [0, 0.1) is 4.77 Å². The Morgan fingerprint density at radius 1 is 1.67 bits per heavy atom. The van der Waals surface area contributed by atoms with Gasteiger partial charge in [0.15, 0.2) is 0 Å². The summed E-state index contributed by atoms with van der Waals surface area (Å²) in [6, 6.07) is 0. The molecular weight excluding hydrogens is 154 g/mol. The Labute approximate surface area is 62.3 Å². The predicted molar refractivity (Wildman–Crippen MR) is 41.0 cm³/mol. The van der Waals surface area contributed by atoms with Crippen molar-refractivity contribution in [3.8, 4) is 0 Å².